The number of amides is 1. The zero-order valence-corrected chi connectivity index (χ0v) is 11.0. The summed E-state index contributed by atoms with van der Waals surface area (Å²) < 4.78 is 140. The highest BCUT2D eigenvalue weighted by Gasteiger charge is 2.79. The Labute approximate surface area is 128 Å². The maximum absolute atomic E-state index is 13.7. The maximum Gasteiger partial charge on any atom is 0.462 e. The van der Waals surface area contributed by atoms with Crippen molar-refractivity contribution in [1.29, 1.82) is 0 Å². The quantitative estimate of drug-likeness (QED) is 0.777. The van der Waals surface area contributed by atoms with E-state index in [9.17, 15) is 53.1 Å². The Bertz CT molecular complexity index is 611. The molecular formula is C8H3F11N4O2. The average Bonchev–Trinajstić information content (AvgIpc) is 2.87. The fraction of sp³-hybridized carbons (Fsp3) is 0.625. The molecule has 6 nitrogen and oxygen atoms in total. The minimum absolute atomic E-state index is 0.0474. The third kappa shape index (κ3) is 3.74. The Morgan fingerprint density at radius 1 is 0.840 bits per heavy atom. The molecule has 0 radical (unpaired) electrons. The molecule has 1 aromatic heterocycles. The van der Waals surface area contributed by atoms with Gasteiger partial charge in [-0.15, -0.1) is 10.2 Å². The van der Waals surface area contributed by atoms with Crippen molar-refractivity contribution in [2.75, 3.05) is 5.43 Å². The lowest BCUT2D eigenvalue weighted by atomic mass is 10.2. The van der Waals surface area contributed by atoms with Crippen molar-refractivity contribution in [3.8, 4) is 0 Å². The summed E-state index contributed by atoms with van der Waals surface area (Å²) in [5.74, 6) is -16.7. The molecule has 0 aromatic carbocycles. The summed E-state index contributed by atoms with van der Waals surface area (Å²) in [5.41, 5.74) is 0.855. The number of rotatable bonds is 5. The highest BCUT2D eigenvalue weighted by molar-refractivity contribution is 5.91. The van der Waals surface area contributed by atoms with Crippen LogP contribution in [0.2, 0.25) is 0 Å². The van der Waals surface area contributed by atoms with Crippen LogP contribution in [0.4, 0.5) is 48.3 Å². The molecule has 1 amide bonds. The normalized spacial score (nSPS) is 16.4. The van der Waals surface area contributed by atoms with Gasteiger partial charge in [-0.05, 0) is 0 Å². The molecule has 1 aromatic rings. The van der Waals surface area contributed by atoms with Gasteiger partial charge in [0.05, 0.1) is 0 Å². The fourth-order valence-corrected chi connectivity index (χ4v) is 1.09. The SMILES string of the molecule is O=C(Nn1cnnc1)[C@](F)(OC(F)(F)C(F)(F)C(F)(F)F)C(F)(F)F. The lowest BCUT2D eigenvalue weighted by Crippen LogP contribution is -2.63. The largest absolute Gasteiger partial charge is 0.462 e. The van der Waals surface area contributed by atoms with Gasteiger partial charge in [0.2, 0.25) is 0 Å². The van der Waals surface area contributed by atoms with Gasteiger partial charge in [-0.2, -0.15) is 48.3 Å². The molecule has 0 saturated heterocycles. The van der Waals surface area contributed by atoms with Crippen LogP contribution < -0.4 is 5.43 Å². The van der Waals surface area contributed by atoms with Gasteiger partial charge in [0.1, 0.15) is 12.7 Å². The molecule has 25 heavy (non-hydrogen) atoms. The predicted molar refractivity (Wildman–Crippen MR) is 51.3 cm³/mol. The smallest absolute Gasteiger partial charge is 0.266 e. The molecule has 1 heterocycles. The maximum atomic E-state index is 13.7. The van der Waals surface area contributed by atoms with Crippen molar-refractivity contribution in [2.24, 2.45) is 0 Å². The average molecular weight is 396 g/mol. The molecule has 144 valence electrons. The minimum atomic E-state index is -7.25. The van der Waals surface area contributed by atoms with E-state index in [1.54, 1.807) is 0 Å². The molecule has 1 rings (SSSR count). The van der Waals surface area contributed by atoms with E-state index >= 15 is 0 Å². The van der Waals surface area contributed by atoms with E-state index in [2.05, 4.69) is 10.2 Å². The molecule has 1 atom stereocenters. The zero-order valence-electron chi connectivity index (χ0n) is 11.0. The lowest BCUT2D eigenvalue weighted by molar-refractivity contribution is -0.472. The van der Waals surface area contributed by atoms with Crippen molar-refractivity contribution in [3.05, 3.63) is 12.7 Å². The van der Waals surface area contributed by atoms with Crippen LogP contribution in [0, 0.1) is 0 Å². The summed E-state index contributed by atoms with van der Waals surface area (Å²) in [6, 6.07) is 0. The van der Waals surface area contributed by atoms with Crippen molar-refractivity contribution in [3.63, 3.8) is 0 Å². The second-order valence-corrected chi connectivity index (χ2v) is 4.09. The summed E-state index contributed by atoms with van der Waals surface area (Å²) in [5, 5.41) is 5.80. The third-order valence-corrected chi connectivity index (χ3v) is 2.30. The summed E-state index contributed by atoms with van der Waals surface area (Å²) in [7, 11) is 0. The number of hydrogen-bond donors (Lipinski definition) is 1. The molecule has 0 fully saturated rings. The van der Waals surface area contributed by atoms with Crippen LogP contribution in [0.25, 0.3) is 0 Å². The first kappa shape index (κ1) is 20.8. The number of nitrogens with one attached hydrogen (secondary N) is 1. The van der Waals surface area contributed by atoms with Gasteiger partial charge in [0, 0.05) is 0 Å². The van der Waals surface area contributed by atoms with E-state index in [1.165, 1.54) is 0 Å². The number of hydrogen-bond acceptors (Lipinski definition) is 4. The summed E-state index contributed by atoms with van der Waals surface area (Å²) >= 11 is 0. The fourth-order valence-electron chi connectivity index (χ4n) is 1.09. The molecule has 0 bridgehead atoms. The highest BCUT2D eigenvalue weighted by atomic mass is 19.4. The number of alkyl halides is 11. The standard InChI is InChI=1S/C8H3F11N4O2/c9-4(6(12,13)14,3(24)22-23-1-20-21-2-23)25-8(18,19)5(10,11)7(15,16)17/h1-2H,(H,22,24)/t4-/m0/s1. The number of carbonyl (C=O) groups is 1. The molecule has 0 aliphatic rings. The second-order valence-electron chi connectivity index (χ2n) is 4.09. The lowest BCUT2D eigenvalue weighted by Gasteiger charge is -2.33. The Balaban J connectivity index is 3.25. The van der Waals surface area contributed by atoms with Crippen LogP contribution in [0.15, 0.2) is 12.7 Å². The van der Waals surface area contributed by atoms with E-state index in [4.69, 9.17) is 0 Å². The molecule has 0 saturated carbocycles. The van der Waals surface area contributed by atoms with Crippen LogP contribution in [-0.2, 0) is 9.53 Å². The van der Waals surface area contributed by atoms with Crippen LogP contribution in [0.5, 0.6) is 0 Å². The first-order chi connectivity index (χ1) is 11.0. The summed E-state index contributed by atoms with van der Waals surface area (Å²) in [4.78, 5) is 11.2. The van der Waals surface area contributed by atoms with Crippen molar-refractivity contribution >= 4 is 5.91 Å². The van der Waals surface area contributed by atoms with Crippen LogP contribution in [0.3, 0.4) is 0 Å². The van der Waals surface area contributed by atoms with Gasteiger partial charge >= 0.3 is 36.1 Å². The van der Waals surface area contributed by atoms with E-state index in [0.717, 1.165) is 5.43 Å². The van der Waals surface area contributed by atoms with Gasteiger partial charge in [0.15, 0.2) is 0 Å². The molecule has 0 unspecified atom stereocenters. The number of carbonyl (C=O) groups excluding carboxylic acids is 1. The van der Waals surface area contributed by atoms with E-state index in [0.29, 0.717) is 12.7 Å². The molecule has 0 aliphatic carbocycles. The Morgan fingerprint density at radius 3 is 1.64 bits per heavy atom. The van der Waals surface area contributed by atoms with Gasteiger partial charge in [0.25, 0.3) is 0 Å². The Kier molecular flexibility index (Phi) is 4.96. The van der Waals surface area contributed by atoms with Gasteiger partial charge < -0.3 is 0 Å². The van der Waals surface area contributed by atoms with E-state index < -0.39 is 36.1 Å². The van der Waals surface area contributed by atoms with Gasteiger partial charge in [-0.25, -0.2) is 4.68 Å². The molecule has 17 heteroatoms. The van der Waals surface area contributed by atoms with Gasteiger partial charge in [-0.1, -0.05) is 0 Å². The van der Waals surface area contributed by atoms with Crippen molar-refractivity contribution in [1.82, 2.24) is 14.9 Å². The molecule has 0 aliphatic heterocycles. The van der Waals surface area contributed by atoms with E-state index in [1.807, 2.05) is 4.74 Å². The van der Waals surface area contributed by atoms with Gasteiger partial charge in [-0.3, -0.25) is 15.0 Å². The first-order valence-electron chi connectivity index (χ1n) is 5.40. The van der Waals surface area contributed by atoms with Crippen LogP contribution in [0.1, 0.15) is 0 Å². The van der Waals surface area contributed by atoms with Crippen LogP contribution in [-0.4, -0.2) is 51.0 Å². The van der Waals surface area contributed by atoms with Crippen molar-refractivity contribution in [2.45, 2.75) is 30.2 Å². The third-order valence-electron chi connectivity index (χ3n) is 2.30. The number of aromatic nitrogens is 3. The monoisotopic (exact) mass is 396 g/mol. The minimum Gasteiger partial charge on any atom is -0.266 e. The van der Waals surface area contributed by atoms with Crippen molar-refractivity contribution < 1.29 is 57.8 Å². The summed E-state index contributed by atoms with van der Waals surface area (Å²) in [6.07, 6.45) is -20.2. The topological polar surface area (TPSA) is 69.0 Å². The second kappa shape index (κ2) is 5.95. The molecule has 0 spiro atoms. The Morgan fingerprint density at radius 2 is 1.28 bits per heavy atom. The zero-order chi connectivity index (χ0) is 19.9. The first-order valence-corrected chi connectivity index (χ1v) is 5.40. The molecular weight excluding hydrogens is 393 g/mol. The molecule has 1 N–H and O–H groups in total. The van der Waals surface area contributed by atoms with Crippen LogP contribution >= 0.6 is 0 Å². The highest BCUT2D eigenvalue weighted by Crippen LogP contribution is 2.51. The Hall–Kier alpha value is -2.20. The van der Waals surface area contributed by atoms with E-state index in [-0.39, 0.29) is 4.68 Å². The number of nitrogens with zero attached hydrogens (tertiary/aromatic N) is 3. The summed E-state index contributed by atoms with van der Waals surface area (Å²) in [6.45, 7) is 0. The number of halogens is 11. The number of ether oxygens (including phenoxy) is 1. The predicted octanol–water partition coefficient (Wildman–Crippen LogP) is 2.38.